The van der Waals surface area contributed by atoms with Crippen molar-refractivity contribution in [1.29, 1.82) is 0 Å². The monoisotopic (exact) mass is 338 g/mol. The fourth-order valence-electron chi connectivity index (χ4n) is 2.99. The lowest BCUT2D eigenvalue weighted by atomic mass is 10.1. The van der Waals surface area contributed by atoms with E-state index in [1.807, 2.05) is 0 Å². The SMILES string of the molecule is CC1(C)O[C@H]2O[C@H]([C@@H]3COC(C)(C)O3)[C@H](OS(C)(=O)=O)[C@H]2O1. The summed E-state index contributed by atoms with van der Waals surface area (Å²) in [4.78, 5) is 0. The molecule has 0 radical (unpaired) electrons. The first-order chi connectivity index (χ1) is 9.96. The van der Waals surface area contributed by atoms with Crippen LogP contribution in [0.4, 0.5) is 0 Å². The summed E-state index contributed by atoms with van der Waals surface area (Å²) < 4.78 is 56.8. The van der Waals surface area contributed by atoms with Gasteiger partial charge in [-0.3, -0.25) is 4.18 Å². The summed E-state index contributed by atoms with van der Waals surface area (Å²) >= 11 is 0. The van der Waals surface area contributed by atoms with Gasteiger partial charge in [-0.1, -0.05) is 0 Å². The van der Waals surface area contributed by atoms with Gasteiger partial charge in [-0.15, -0.1) is 0 Å². The second-order valence-corrected chi connectivity index (χ2v) is 8.30. The minimum absolute atomic E-state index is 0.282. The zero-order valence-corrected chi connectivity index (χ0v) is 14.1. The summed E-state index contributed by atoms with van der Waals surface area (Å²) in [5, 5.41) is 0. The van der Waals surface area contributed by atoms with Gasteiger partial charge in [0.1, 0.15) is 24.4 Å². The van der Waals surface area contributed by atoms with Crippen molar-refractivity contribution in [2.24, 2.45) is 0 Å². The van der Waals surface area contributed by atoms with E-state index in [1.54, 1.807) is 27.7 Å². The molecule has 0 saturated carbocycles. The van der Waals surface area contributed by atoms with Crippen LogP contribution < -0.4 is 0 Å². The van der Waals surface area contributed by atoms with Crippen LogP contribution in [0.25, 0.3) is 0 Å². The molecule has 0 aromatic carbocycles. The molecule has 3 rings (SSSR count). The fraction of sp³-hybridized carbons (Fsp3) is 1.00. The average Bonchev–Trinajstić information content (AvgIpc) is 2.89. The Morgan fingerprint density at radius 2 is 1.68 bits per heavy atom. The molecule has 8 nitrogen and oxygen atoms in total. The molecule has 22 heavy (non-hydrogen) atoms. The van der Waals surface area contributed by atoms with Crippen LogP contribution in [-0.2, 0) is 38.0 Å². The minimum Gasteiger partial charge on any atom is -0.348 e. The third-order valence-corrected chi connectivity index (χ3v) is 4.28. The molecule has 9 heteroatoms. The Morgan fingerprint density at radius 1 is 1.00 bits per heavy atom. The topological polar surface area (TPSA) is 89.5 Å². The van der Waals surface area contributed by atoms with Crippen molar-refractivity contribution in [2.45, 2.75) is 70.0 Å². The number of fused-ring (bicyclic) bond motifs is 1. The molecule has 3 saturated heterocycles. The zero-order valence-electron chi connectivity index (χ0n) is 13.3. The van der Waals surface area contributed by atoms with Crippen molar-refractivity contribution < 1.29 is 36.3 Å². The lowest BCUT2D eigenvalue weighted by Gasteiger charge is -2.28. The van der Waals surface area contributed by atoms with Gasteiger partial charge in [0.05, 0.1) is 12.9 Å². The Bertz CT molecular complexity index is 542. The first kappa shape index (κ1) is 16.6. The van der Waals surface area contributed by atoms with Gasteiger partial charge < -0.3 is 23.7 Å². The predicted molar refractivity (Wildman–Crippen MR) is 73.3 cm³/mol. The van der Waals surface area contributed by atoms with Crippen LogP contribution in [0, 0.1) is 0 Å². The summed E-state index contributed by atoms with van der Waals surface area (Å²) in [5.41, 5.74) is 0. The Kier molecular flexibility index (Phi) is 3.84. The molecule has 3 aliphatic rings. The molecule has 0 spiro atoms. The van der Waals surface area contributed by atoms with Gasteiger partial charge in [-0.2, -0.15) is 8.42 Å². The van der Waals surface area contributed by atoms with Crippen LogP contribution in [0.2, 0.25) is 0 Å². The van der Waals surface area contributed by atoms with Crippen molar-refractivity contribution in [3.63, 3.8) is 0 Å². The molecule has 3 aliphatic heterocycles. The van der Waals surface area contributed by atoms with Crippen molar-refractivity contribution in [2.75, 3.05) is 12.9 Å². The van der Waals surface area contributed by atoms with Crippen molar-refractivity contribution in [3.8, 4) is 0 Å². The van der Waals surface area contributed by atoms with E-state index in [0.29, 0.717) is 0 Å². The largest absolute Gasteiger partial charge is 0.348 e. The lowest BCUT2D eigenvalue weighted by molar-refractivity contribution is -0.230. The molecule has 0 N–H and O–H groups in total. The molecular formula is C13H22O8S. The third-order valence-electron chi connectivity index (χ3n) is 3.71. The molecular weight excluding hydrogens is 316 g/mol. The van der Waals surface area contributed by atoms with Crippen LogP contribution in [0.1, 0.15) is 27.7 Å². The number of hydrogen-bond acceptors (Lipinski definition) is 8. The molecule has 3 heterocycles. The molecule has 0 bridgehead atoms. The van der Waals surface area contributed by atoms with E-state index >= 15 is 0 Å². The Hall–Kier alpha value is -0.290. The van der Waals surface area contributed by atoms with Gasteiger partial charge in [0.25, 0.3) is 10.1 Å². The van der Waals surface area contributed by atoms with E-state index in [1.165, 1.54) is 0 Å². The van der Waals surface area contributed by atoms with Gasteiger partial charge >= 0.3 is 0 Å². The maximum Gasteiger partial charge on any atom is 0.264 e. The van der Waals surface area contributed by atoms with Gasteiger partial charge in [0.15, 0.2) is 17.9 Å². The lowest BCUT2D eigenvalue weighted by Crippen LogP contribution is -2.45. The first-order valence-electron chi connectivity index (χ1n) is 7.17. The normalized spacial score (nSPS) is 43.4. The summed E-state index contributed by atoms with van der Waals surface area (Å²) in [7, 11) is -3.69. The molecule has 0 aromatic heterocycles. The summed E-state index contributed by atoms with van der Waals surface area (Å²) in [6, 6.07) is 0. The highest BCUT2D eigenvalue weighted by molar-refractivity contribution is 7.86. The van der Waals surface area contributed by atoms with Gasteiger partial charge in [0.2, 0.25) is 0 Å². The highest BCUT2D eigenvalue weighted by Crippen LogP contribution is 2.42. The summed E-state index contributed by atoms with van der Waals surface area (Å²) in [6.07, 6.45) is -2.29. The molecule has 0 aliphatic carbocycles. The van der Waals surface area contributed by atoms with Gasteiger partial charge in [-0.25, -0.2) is 0 Å². The van der Waals surface area contributed by atoms with Gasteiger partial charge in [0, 0.05) is 0 Å². The van der Waals surface area contributed by atoms with Crippen LogP contribution in [-0.4, -0.2) is 63.6 Å². The van der Waals surface area contributed by atoms with E-state index in [0.717, 1.165) is 6.26 Å². The molecule has 0 amide bonds. The van der Waals surface area contributed by atoms with Crippen LogP contribution in [0.5, 0.6) is 0 Å². The standard InChI is InChI=1S/C13H22O8S/c1-12(2)16-6-7(18-12)8-9(21-22(5,14)15)10-11(17-8)20-13(3,4)19-10/h7-11H,6H2,1-5H3/t7-,8+,9-,10+,11+/m0/s1. The van der Waals surface area contributed by atoms with Gasteiger partial charge in [-0.05, 0) is 27.7 Å². The van der Waals surface area contributed by atoms with E-state index in [2.05, 4.69) is 0 Å². The van der Waals surface area contributed by atoms with E-state index < -0.39 is 52.4 Å². The Labute approximate surface area is 130 Å². The van der Waals surface area contributed by atoms with Crippen molar-refractivity contribution in [1.82, 2.24) is 0 Å². The predicted octanol–water partition coefficient (Wildman–Crippen LogP) is 0.359. The summed E-state index contributed by atoms with van der Waals surface area (Å²) in [6.45, 7) is 7.32. The average molecular weight is 338 g/mol. The first-order valence-corrected chi connectivity index (χ1v) is 8.99. The third kappa shape index (κ3) is 3.30. The molecule has 3 fully saturated rings. The van der Waals surface area contributed by atoms with E-state index in [-0.39, 0.29) is 6.61 Å². The smallest absolute Gasteiger partial charge is 0.264 e. The molecule has 5 atom stereocenters. The second-order valence-electron chi connectivity index (χ2n) is 6.70. The maximum absolute atomic E-state index is 11.6. The summed E-state index contributed by atoms with van der Waals surface area (Å²) in [5.74, 6) is -1.60. The molecule has 0 unspecified atom stereocenters. The maximum atomic E-state index is 11.6. The zero-order chi connectivity index (χ0) is 16.3. The highest BCUT2D eigenvalue weighted by Gasteiger charge is 2.59. The number of hydrogen-bond donors (Lipinski definition) is 0. The van der Waals surface area contributed by atoms with E-state index in [9.17, 15) is 8.42 Å². The van der Waals surface area contributed by atoms with Crippen molar-refractivity contribution >= 4 is 10.1 Å². The number of ether oxygens (including phenoxy) is 5. The van der Waals surface area contributed by atoms with Crippen LogP contribution in [0.3, 0.4) is 0 Å². The Morgan fingerprint density at radius 3 is 2.23 bits per heavy atom. The quantitative estimate of drug-likeness (QED) is 0.682. The minimum atomic E-state index is -3.69. The van der Waals surface area contributed by atoms with Crippen molar-refractivity contribution in [3.05, 3.63) is 0 Å². The second kappa shape index (κ2) is 5.10. The van der Waals surface area contributed by atoms with E-state index in [4.69, 9.17) is 27.9 Å². The van der Waals surface area contributed by atoms with Crippen LogP contribution in [0.15, 0.2) is 0 Å². The highest BCUT2D eigenvalue weighted by atomic mass is 32.2. The van der Waals surface area contributed by atoms with Crippen LogP contribution >= 0.6 is 0 Å². The number of rotatable bonds is 3. The molecule has 128 valence electrons. The Balaban J connectivity index is 1.81. The molecule has 0 aromatic rings. The fourth-order valence-corrected chi connectivity index (χ4v) is 3.61.